The van der Waals surface area contributed by atoms with Gasteiger partial charge in [-0.05, 0) is 35.4 Å². The van der Waals surface area contributed by atoms with Gasteiger partial charge in [-0.2, -0.15) is 0 Å². The van der Waals surface area contributed by atoms with Crippen LogP contribution in [0.1, 0.15) is 25.0 Å². The van der Waals surface area contributed by atoms with Gasteiger partial charge >= 0.3 is 0 Å². The molecule has 5 heteroatoms. The fourth-order valence-corrected chi connectivity index (χ4v) is 2.22. The number of nitrogens with one attached hydrogen (secondary N) is 2. The highest BCUT2D eigenvalue weighted by molar-refractivity contribution is 5.92. The van der Waals surface area contributed by atoms with Crippen molar-refractivity contribution < 1.29 is 14.3 Å². The Morgan fingerprint density at radius 1 is 1.04 bits per heavy atom. The Morgan fingerprint density at radius 3 is 2.40 bits per heavy atom. The van der Waals surface area contributed by atoms with Crippen LogP contribution in [0.15, 0.2) is 48.5 Å². The normalized spacial score (nSPS) is 10.4. The van der Waals surface area contributed by atoms with Crippen molar-refractivity contribution in [1.82, 2.24) is 5.32 Å². The van der Waals surface area contributed by atoms with Gasteiger partial charge in [0, 0.05) is 18.2 Å². The smallest absolute Gasteiger partial charge is 0.226 e. The van der Waals surface area contributed by atoms with E-state index in [1.54, 1.807) is 7.11 Å². The summed E-state index contributed by atoms with van der Waals surface area (Å²) in [5.74, 6) is 0.615. The van der Waals surface area contributed by atoms with Crippen LogP contribution in [0.4, 0.5) is 5.69 Å². The third kappa shape index (κ3) is 5.95. The highest BCUT2D eigenvalue weighted by Crippen LogP contribution is 2.13. The largest absolute Gasteiger partial charge is 0.497 e. The van der Waals surface area contributed by atoms with Gasteiger partial charge in [-0.3, -0.25) is 9.59 Å². The molecule has 0 saturated heterocycles. The van der Waals surface area contributed by atoms with E-state index >= 15 is 0 Å². The molecule has 0 aliphatic carbocycles. The molecule has 0 saturated carbocycles. The van der Waals surface area contributed by atoms with Crippen LogP contribution < -0.4 is 15.4 Å². The molecule has 0 aromatic heterocycles. The molecule has 0 atom stereocenters. The molecule has 0 aliphatic rings. The summed E-state index contributed by atoms with van der Waals surface area (Å²) in [5.41, 5.74) is 2.63. The SMILES string of the molecule is COc1cccc(CC(=O)NCc2ccc(NC(=O)C(C)C)cc2)c1. The van der Waals surface area contributed by atoms with E-state index in [2.05, 4.69) is 10.6 Å². The Morgan fingerprint density at radius 2 is 1.76 bits per heavy atom. The lowest BCUT2D eigenvalue weighted by Crippen LogP contribution is -2.24. The van der Waals surface area contributed by atoms with Crippen LogP contribution in [0.5, 0.6) is 5.75 Å². The molecule has 2 aromatic rings. The maximum atomic E-state index is 12.1. The lowest BCUT2D eigenvalue weighted by molar-refractivity contribution is -0.120. The van der Waals surface area contributed by atoms with Crippen LogP contribution in [-0.2, 0) is 22.6 Å². The number of benzene rings is 2. The summed E-state index contributed by atoms with van der Waals surface area (Å²) in [6.07, 6.45) is 0.305. The van der Waals surface area contributed by atoms with E-state index in [0.717, 1.165) is 22.6 Å². The number of hydrogen-bond donors (Lipinski definition) is 2. The van der Waals surface area contributed by atoms with E-state index in [-0.39, 0.29) is 17.7 Å². The summed E-state index contributed by atoms with van der Waals surface area (Å²) in [7, 11) is 1.60. The van der Waals surface area contributed by atoms with Gasteiger partial charge in [-0.1, -0.05) is 38.1 Å². The summed E-state index contributed by atoms with van der Waals surface area (Å²) >= 11 is 0. The number of carbonyl (C=O) groups excluding carboxylic acids is 2. The Balaban J connectivity index is 1.84. The topological polar surface area (TPSA) is 67.4 Å². The number of anilines is 1. The second kappa shape index (κ2) is 8.87. The average molecular weight is 340 g/mol. The molecule has 0 heterocycles. The van der Waals surface area contributed by atoms with Crippen molar-refractivity contribution in [3.05, 3.63) is 59.7 Å². The standard InChI is InChI=1S/C20H24N2O3/c1-14(2)20(24)22-17-9-7-15(8-10-17)13-21-19(23)12-16-5-4-6-18(11-16)25-3/h4-11,14H,12-13H2,1-3H3,(H,21,23)(H,22,24). The van der Waals surface area contributed by atoms with Gasteiger partial charge in [0.15, 0.2) is 0 Å². The molecular weight excluding hydrogens is 316 g/mol. The first-order valence-corrected chi connectivity index (χ1v) is 8.27. The maximum Gasteiger partial charge on any atom is 0.226 e. The van der Waals surface area contributed by atoms with Crippen LogP contribution in [0.2, 0.25) is 0 Å². The lowest BCUT2D eigenvalue weighted by atomic mass is 10.1. The molecule has 2 aromatic carbocycles. The third-order valence-corrected chi connectivity index (χ3v) is 3.73. The van der Waals surface area contributed by atoms with Gasteiger partial charge in [0.25, 0.3) is 0 Å². The summed E-state index contributed by atoms with van der Waals surface area (Å²) < 4.78 is 5.16. The van der Waals surface area contributed by atoms with Gasteiger partial charge in [0.05, 0.1) is 13.5 Å². The quantitative estimate of drug-likeness (QED) is 0.814. The first-order valence-electron chi connectivity index (χ1n) is 8.27. The van der Waals surface area contributed by atoms with Gasteiger partial charge in [-0.15, -0.1) is 0 Å². The minimum absolute atomic E-state index is 0.0145. The molecule has 0 spiro atoms. The minimum atomic E-state index is -0.0597. The summed E-state index contributed by atoms with van der Waals surface area (Å²) in [6, 6.07) is 14.9. The van der Waals surface area contributed by atoms with Crippen LogP contribution in [0.3, 0.4) is 0 Å². The average Bonchev–Trinajstić information content (AvgIpc) is 2.61. The number of rotatable bonds is 7. The van der Waals surface area contributed by atoms with Crippen molar-refractivity contribution >= 4 is 17.5 Å². The Hall–Kier alpha value is -2.82. The molecule has 25 heavy (non-hydrogen) atoms. The third-order valence-electron chi connectivity index (χ3n) is 3.73. The lowest BCUT2D eigenvalue weighted by Gasteiger charge is -2.09. The number of methoxy groups -OCH3 is 1. The molecular formula is C20H24N2O3. The monoisotopic (exact) mass is 340 g/mol. The molecule has 0 bridgehead atoms. The van der Waals surface area contributed by atoms with Crippen LogP contribution in [0, 0.1) is 5.92 Å². The second-order valence-electron chi connectivity index (χ2n) is 6.15. The zero-order valence-corrected chi connectivity index (χ0v) is 14.8. The summed E-state index contributed by atoms with van der Waals surface area (Å²) in [5, 5.41) is 5.74. The van der Waals surface area contributed by atoms with E-state index in [1.807, 2.05) is 62.4 Å². The van der Waals surface area contributed by atoms with E-state index in [0.29, 0.717) is 13.0 Å². The van der Waals surface area contributed by atoms with Crippen LogP contribution >= 0.6 is 0 Å². The fourth-order valence-electron chi connectivity index (χ4n) is 2.22. The van der Waals surface area contributed by atoms with Crippen LogP contribution in [-0.4, -0.2) is 18.9 Å². The first-order chi connectivity index (χ1) is 12.0. The fraction of sp³-hybridized carbons (Fsp3) is 0.300. The van der Waals surface area contributed by atoms with E-state index in [1.165, 1.54) is 0 Å². The van der Waals surface area contributed by atoms with E-state index in [4.69, 9.17) is 4.74 Å². The minimum Gasteiger partial charge on any atom is -0.497 e. The van der Waals surface area contributed by atoms with Crippen molar-refractivity contribution in [3.63, 3.8) is 0 Å². The molecule has 0 fully saturated rings. The molecule has 0 unspecified atom stereocenters. The molecule has 0 radical (unpaired) electrons. The van der Waals surface area contributed by atoms with E-state index < -0.39 is 0 Å². The number of hydrogen-bond acceptors (Lipinski definition) is 3. The van der Waals surface area contributed by atoms with Crippen molar-refractivity contribution in [1.29, 1.82) is 0 Å². The summed E-state index contributed by atoms with van der Waals surface area (Å²) in [4.78, 5) is 23.7. The van der Waals surface area contributed by atoms with Gasteiger partial charge < -0.3 is 15.4 Å². The predicted octanol–water partition coefficient (Wildman–Crippen LogP) is 3.15. The van der Waals surface area contributed by atoms with Gasteiger partial charge in [0.1, 0.15) is 5.75 Å². The number of ether oxygens (including phenoxy) is 1. The first kappa shape index (κ1) is 18.5. The highest BCUT2D eigenvalue weighted by atomic mass is 16.5. The number of carbonyl (C=O) groups is 2. The van der Waals surface area contributed by atoms with Crippen molar-refractivity contribution in [2.45, 2.75) is 26.8 Å². The van der Waals surface area contributed by atoms with Gasteiger partial charge in [-0.25, -0.2) is 0 Å². The highest BCUT2D eigenvalue weighted by Gasteiger charge is 2.07. The molecule has 2 amide bonds. The van der Waals surface area contributed by atoms with Crippen molar-refractivity contribution in [3.8, 4) is 5.75 Å². The Kier molecular flexibility index (Phi) is 6.57. The second-order valence-corrected chi connectivity index (χ2v) is 6.15. The molecule has 0 aliphatic heterocycles. The molecule has 2 rings (SSSR count). The van der Waals surface area contributed by atoms with Crippen LogP contribution in [0.25, 0.3) is 0 Å². The molecule has 132 valence electrons. The van der Waals surface area contributed by atoms with Crippen molar-refractivity contribution in [2.24, 2.45) is 5.92 Å². The Labute approximate surface area is 148 Å². The zero-order valence-electron chi connectivity index (χ0n) is 14.8. The molecule has 5 nitrogen and oxygen atoms in total. The van der Waals surface area contributed by atoms with E-state index in [9.17, 15) is 9.59 Å². The Bertz CT molecular complexity index is 724. The summed E-state index contributed by atoms with van der Waals surface area (Å²) in [6.45, 7) is 4.14. The number of amides is 2. The predicted molar refractivity (Wildman–Crippen MR) is 98.5 cm³/mol. The molecule has 2 N–H and O–H groups in total. The zero-order chi connectivity index (χ0) is 18.2. The van der Waals surface area contributed by atoms with Gasteiger partial charge in [0.2, 0.25) is 11.8 Å². The van der Waals surface area contributed by atoms with Crippen molar-refractivity contribution in [2.75, 3.05) is 12.4 Å². The maximum absolute atomic E-state index is 12.1.